The SMILES string of the molecule is O=C(NC1CCCCC1)c1ccc(NC(=O)C2CC(O)CN2)cc1. The Kier molecular flexibility index (Phi) is 5.48. The van der Waals surface area contributed by atoms with Crippen molar-refractivity contribution in [1.29, 1.82) is 0 Å². The van der Waals surface area contributed by atoms with E-state index in [0.717, 1.165) is 12.8 Å². The Hall–Kier alpha value is -1.92. The molecule has 24 heavy (non-hydrogen) atoms. The molecule has 1 heterocycles. The summed E-state index contributed by atoms with van der Waals surface area (Å²) in [6, 6.07) is 6.84. The number of carbonyl (C=O) groups is 2. The summed E-state index contributed by atoms with van der Waals surface area (Å²) in [5, 5.41) is 18.3. The predicted molar refractivity (Wildman–Crippen MR) is 91.8 cm³/mol. The largest absolute Gasteiger partial charge is 0.392 e. The molecule has 1 aliphatic heterocycles. The predicted octanol–water partition coefficient (Wildman–Crippen LogP) is 1.41. The van der Waals surface area contributed by atoms with E-state index in [1.165, 1.54) is 19.3 Å². The van der Waals surface area contributed by atoms with Gasteiger partial charge in [0, 0.05) is 23.8 Å². The number of nitrogens with one attached hydrogen (secondary N) is 3. The summed E-state index contributed by atoms with van der Waals surface area (Å²) < 4.78 is 0. The van der Waals surface area contributed by atoms with E-state index in [9.17, 15) is 14.7 Å². The van der Waals surface area contributed by atoms with Gasteiger partial charge < -0.3 is 21.1 Å². The van der Waals surface area contributed by atoms with Crippen LogP contribution in [0.25, 0.3) is 0 Å². The van der Waals surface area contributed by atoms with Crippen LogP contribution in [0.2, 0.25) is 0 Å². The molecule has 0 aromatic heterocycles. The highest BCUT2D eigenvalue weighted by molar-refractivity contribution is 5.97. The first-order chi connectivity index (χ1) is 11.6. The lowest BCUT2D eigenvalue weighted by Gasteiger charge is -2.22. The second kappa shape index (κ2) is 7.77. The first-order valence-electron chi connectivity index (χ1n) is 8.75. The first-order valence-corrected chi connectivity index (χ1v) is 8.75. The standard InChI is InChI=1S/C18H25N3O3/c22-15-10-16(19-11-15)18(24)21-14-8-6-12(7-9-14)17(23)20-13-4-2-1-3-5-13/h6-9,13,15-16,19,22H,1-5,10-11H2,(H,20,23)(H,21,24). The van der Waals surface area contributed by atoms with Crippen LogP contribution in [0.5, 0.6) is 0 Å². The number of hydrogen-bond donors (Lipinski definition) is 4. The van der Waals surface area contributed by atoms with Gasteiger partial charge in [-0.3, -0.25) is 9.59 Å². The van der Waals surface area contributed by atoms with E-state index < -0.39 is 6.10 Å². The molecule has 1 aliphatic carbocycles. The van der Waals surface area contributed by atoms with Gasteiger partial charge in [0.1, 0.15) is 0 Å². The van der Waals surface area contributed by atoms with Crippen molar-refractivity contribution >= 4 is 17.5 Å². The van der Waals surface area contributed by atoms with Gasteiger partial charge >= 0.3 is 0 Å². The Morgan fingerprint density at radius 1 is 1.08 bits per heavy atom. The van der Waals surface area contributed by atoms with Crippen molar-refractivity contribution in [3.05, 3.63) is 29.8 Å². The summed E-state index contributed by atoms with van der Waals surface area (Å²) in [5.74, 6) is -0.216. The maximum atomic E-state index is 12.3. The molecule has 1 saturated heterocycles. The Morgan fingerprint density at radius 2 is 1.79 bits per heavy atom. The smallest absolute Gasteiger partial charge is 0.251 e. The fraction of sp³-hybridized carbons (Fsp3) is 0.556. The Bertz CT molecular complexity index is 582. The molecule has 3 rings (SSSR count). The van der Waals surface area contributed by atoms with Gasteiger partial charge in [-0.25, -0.2) is 0 Å². The molecular formula is C18H25N3O3. The van der Waals surface area contributed by atoms with Crippen LogP contribution in [0.4, 0.5) is 5.69 Å². The summed E-state index contributed by atoms with van der Waals surface area (Å²) in [5.41, 5.74) is 1.25. The van der Waals surface area contributed by atoms with Crippen LogP contribution >= 0.6 is 0 Å². The van der Waals surface area contributed by atoms with Crippen molar-refractivity contribution in [2.45, 2.75) is 56.7 Å². The third-order valence-electron chi connectivity index (χ3n) is 4.78. The monoisotopic (exact) mass is 331 g/mol. The molecule has 2 amide bonds. The zero-order valence-corrected chi connectivity index (χ0v) is 13.8. The average Bonchev–Trinajstić information content (AvgIpc) is 3.03. The molecule has 2 fully saturated rings. The van der Waals surface area contributed by atoms with Gasteiger partial charge in [0.15, 0.2) is 0 Å². The zero-order chi connectivity index (χ0) is 16.9. The Balaban J connectivity index is 1.52. The number of aliphatic hydroxyl groups excluding tert-OH is 1. The lowest BCUT2D eigenvalue weighted by atomic mass is 9.95. The average molecular weight is 331 g/mol. The van der Waals surface area contributed by atoms with Crippen molar-refractivity contribution in [2.75, 3.05) is 11.9 Å². The van der Waals surface area contributed by atoms with E-state index in [2.05, 4.69) is 16.0 Å². The normalized spacial score (nSPS) is 24.5. The molecule has 1 aromatic rings. The minimum Gasteiger partial charge on any atom is -0.392 e. The molecule has 2 unspecified atom stereocenters. The number of benzene rings is 1. The van der Waals surface area contributed by atoms with E-state index in [4.69, 9.17) is 0 Å². The summed E-state index contributed by atoms with van der Waals surface area (Å²) in [6.07, 6.45) is 5.69. The molecule has 0 radical (unpaired) electrons. The highest BCUT2D eigenvalue weighted by Crippen LogP contribution is 2.18. The van der Waals surface area contributed by atoms with Gasteiger partial charge in [-0.2, -0.15) is 0 Å². The van der Waals surface area contributed by atoms with Crippen LogP contribution in [-0.4, -0.2) is 41.7 Å². The van der Waals surface area contributed by atoms with Crippen LogP contribution < -0.4 is 16.0 Å². The number of β-amino-alcohol motifs (C(OH)–C–C–N with tert-alkyl or cyclic N) is 1. The van der Waals surface area contributed by atoms with E-state index in [1.807, 2.05) is 0 Å². The summed E-state index contributed by atoms with van der Waals surface area (Å²) in [7, 11) is 0. The van der Waals surface area contributed by atoms with Crippen molar-refractivity contribution in [1.82, 2.24) is 10.6 Å². The molecule has 2 aliphatic rings. The molecular weight excluding hydrogens is 306 g/mol. The maximum absolute atomic E-state index is 12.3. The maximum Gasteiger partial charge on any atom is 0.251 e. The minimum atomic E-state index is -0.466. The lowest BCUT2D eigenvalue weighted by Crippen LogP contribution is -2.36. The van der Waals surface area contributed by atoms with E-state index in [1.54, 1.807) is 24.3 Å². The van der Waals surface area contributed by atoms with Crippen LogP contribution in [-0.2, 0) is 4.79 Å². The van der Waals surface area contributed by atoms with Gasteiger partial charge in [0.25, 0.3) is 5.91 Å². The van der Waals surface area contributed by atoms with E-state index >= 15 is 0 Å². The second-order valence-corrected chi connectivity index (χ2v) is 6.73. The van der Waals surface area contributed by atoms with Crippen LogP contribution in [0.15, 0.2) is 24.3 Å². The molecule has 6 nitrogen and oxygen atoms in total. The number of carbonyl (C=O) groups excluding carboxylic acids is 2. The molecule has 1 saturated carbocycles. The number of aliphatic hydroxyl groups is 1. The second-order valence-electron chi connectivity index (χ2n) is 6.73. The summed E-state index contributed by atoms with van der Waals surface area (Å²) >= 11 is 0. The number of hydrogen-bond acceptors (Lipinski definition) is 4. The van der Waals surface area contributed by atoms with Gasteiger partial charge in [-0.05, 0) is 43.5 Å². The van der Waals surface area contributed by atoms with Gasteiger partial charge in [-0.1, -0.05) is 19.3 Å². The highest BCUT2D eigenvalue weighted by Gasteiger charge is 2.28. The number of amides is 2. The van der Waals surface area contributed by atoms with Crippen molar-refractivity contribution < 1.29 is 14.7 Å². The molecule has 0 bridgehead atoms. The Morgan fingerprint density at radius 3 is 2.42 bits per heavy atom. The van der Waals surface area contributed by atoms with Gasteiger partial charge in [0.2, 0.25) is 5.91 Å². The zero-order valence-electron chi connectivity index (χ0n) is 13.8. The van der Waals surface area contributed by atoms with E-state index in [-0.39, 0.29) is 23.9 Å². The van der Waals surface area contributed by atoms with Crippen LogP contribution in [0.3, 0.4) is 0 Å². The van der Waals surface area contributed by atoms with Crippen LogP contribution in [0.1, 0.15) is 48.9 Å². The minimum absolute atomic E-state index is 0.0552. The van der Waals surface area contributed by atoms with Gasteiger partial charge in [0.05, 0.1) is 12.1 Å². The van der Waals surface area contributed by atoms with Crippen molar-refractivity contribution in [2.24, 2.45) is 0 Å². The summed E-state index contributed by atoms with van der Waals surface area (Å²) in [6.45, 7) is 0.443. The fourth-order valence-corrected chi connectivity index (χ4v) is 3.37. The first kappa shape index (κ1) is 16.9. The lowest BCUT2D eigenvalue weighted by molar-refractivity contribution is -0.117. The third-order valence-corrected chi connectivity index (χ3v) is 4.78. The highest BCUT2D eigenvalue weighted by atomic mass is 16.3. The molecule has 2 atom stereocenters. The number of rotatable bonds is 4. The molecule has 6 heteroatoms. The van der Waals surface area contributed by atoms with Gasteiger partial charge in [-0.15, -0.1) is 0 Å². The van der Waals surface area contributed by atoms with Crippen molar-refractivity contribution in [3.8, 4) is 0 Å². The third kappa shape index (κ3) is 4.33. The number of anilines is 1. The topological polar surface area (TPSA) is 90.5 Å². The quantitative estimate of drug-likeness (QED) is 0.671. The molecule has 1 aromatic carbocycles. The molecule has 4 N–H and O–H groups in total. The van der Waals surface area contributed by atoms with Crippen LogP contribution in [0, 0.1) is 0 Å². The van der Waals surface area contributed by atoms with Crippen molar-refractivity contribution in [3.63, 3.8) is 0 Å². The molecule has 130 valence electrons. The molecule has 0 spiro atoms. The van der Waals surface area contributed by atoms with E-state index in [0.29, 0.717) is 24.2 Å². The Labute approximate surface area is 142 Å². The summed E-state index contributed by atoms with van der Waals surface area (Å²) in [4.78, 5) is 24.3. The fourth-order valence-electron chi connectivity index (χ4n) is 3.37.